The maximum absolute atomic E-state index is 12.6. The largest absolute Gasteiger partial charge is 0.366 e. The average Bonchev–Trinajstić information content (AvgIpc) is 2.92. The Morgan fingerprint density at radius 1 is 0.588 bits per heavy atom. The first-order valence-electron chi connectivity index (χ1n) is 10.7. The summed E-state index contributed by atoms with van der Waals surface area (Å²) in [6.07, 6.45) is 0. The number of benzene rings is 4. The summed E-state index contributed by atoms with van der Waals surface area (Å²) < 4.78 is 0. The number of carbonyl (C=O) groups is 2. The maximum atomic E-state index is 12.6. The third-order valence-electron chi connectivity index (χ3n) is 4.99. The van der Waals surface area contributed by atoms with Gasteiger partial charge in [-0.3, -0.25) is 0 Å². The van der Waals surface area contributed by atoms with E-state index in [2.05, 4.69) is 10.6 Å². The Labute approximate surface area is 197 Å². The van der Waals surface area contributed by atoms with E-state index in [1.54, 1.807) is 48.5 Å². The minimum absolute atomic E-state index is 0.372. The third-order valence-corrected chi connectivity index (χ3v) is 4.99. The summed E-state index contributed by atoms with van der Waals surface area (Å²) in [5.74, 6) is -1.14. The van der Waals surface area contributed by atoms with Gasteiger partial charge in [-0.15, -0.1) is 5.48 Å². The first kappa shape index (κ1) is 22.6. The van der Waals surface area contributed by atoms with E-state index in [4.69, 9.17) is 9.68 Å². The Morgan fingerprint density at radius 3 is 1.56 bits per heavy atom. The lowest BCUT2D eigenvalue weighted by atomic mass is 9.97. The molecule has 168 valence electrons. The van der Waals surface area contributed by atoms with Crippen molar-refractivity contribution in [2.24, 2.45) is 5.16 Å². The van der Waals surface area contributed by atoms with Crippen LogP contribution in [0.1, 0.15) is 37.9 Å². The van der Waals surface area contributed by atoms with Gasteiger partial charge in [-0.1, -0.05) is 102 Å². The van der Waals surface area contributed by atoms with Gasteiger partial charge >= 0.3 is 11.9 Å². The van der Waals surface area contributed by atoms with Crippen molar-refractivity contribution in [3.63, 3.8) is 0 Å². The maximum Gasteiger partial charge on any atom is 0.365 e. The molecule has 0 amide bonds. The molecule has 6 heteroatoms. The lowest BCUT2D eigenvalue weighted by Crippen LogP contribution is -2.32. The molecule has 6 nitrogen and oxygen atoms in total. The van der Waals surface area contributed by atoms with Crippen LogP contribution >= 0.6 is 0 Å². The van der Waals surface area contributed by atoms with E-state index in [1.807, 2.05) is 72.8 Å². The normalized spacial score (nSPS) is 11.9. The minimum Gasteiger partial charge on any atom is -0.366 e. The molecule has 34 heavy (non-hydrogen) atoms. The molecule has 0 heterocycles. The van der Waals surface area contributed by atoms with E-state index in [0.29, 0.717) is 22.4 Å². The second-order valence-corrected chi connectivity index (χ2v) is 7.30. The monoisotopic (exact) mass is 450 g/mol. The molecule has 0 aliphatic carbocycles. The molecular formula is C28H22N2O4. The number of oxime groups is 1. The van der Waals surface area contributed by atoms with Gasteiger partial charge < -0.3 is 9.68 Å². The van der Waals surface area contributed by atoms with E-state index in [1.165, 1.54) is 0 Å². The summed E-state index contributed by atoms with van der Waals surface area (Å²) in [4.78, 5) is 35.9. The van der Waals surface area contributed by atoms with Crippen LogP contribution in [0.15, 0.2) is 126 Å². The average molecular weight is 450 g/mol. The Morgan fingerprint density at radius 2 is 1.03 bits per heavy atom. The molecule has 0 saturated carbocycles. The van der Waals surface area contributed by atoms with Crippen molar-refractivity contribution >= 4 is 17.7 Å². The summed E-state index contributed by atoms with van der Waals surface area (Å²) in [5, 5.41) is 4.21. The van der Waals surface area contributed by atoms with Gasteiger partial charge in [0.1, 0.15) is 11.8 Å². The predicted octanol–water partition coefficient (Wildman–Crippen LogP) is 5.35. The molecule has 4 aromatic carbocycles. The molecule has 0 fully saturated rings. The second kappa shape index (κ2) is 11.4. The van der Waals surface area contributed by atoms with Gasteiger partial charge in [-0.25, -0.2) is 9.59 Å². The fraction of sp³-hybridized carbons (Fsp3) is 0.0357. The first-order valence-corrected chi connectivity index (χ1v) is 10.7. The highest BCUT2D eigenvalue weighted by molar-refractivity contribution is 6.05. The Bertz CT molecular complexity index is 1240. The molecule has 0 aliphatic rings. The van der Waals surface area contributed by atoms with Gasteiger partial charge in [0.2, 0.25) is 0 Å². The fourth-order valence-electron chi connectivity index (χ4n) is 3.27. The van der Waals surface area contributed by atoms with Crippen molar-refractivity contribution in [2.75, 3.05) is 0 Å². The molecule has 0 aromatic heterocycles. The molecule has 0 saturated heterocycles. The van der Waals surface area contributed by atoms with E-state index in [9.17, 15) is 9.59 Å². The van der Waals surface area contributed by atoms with Gasteiger partial charge in [0.25, 0.3) is 0 Å². The van der Waals surface area contributed by atoms with Crippen molar-refractivity contribution in [2.45, 2.75) is 6.04 Å². The van der Waals surface area contributed by atoms with E-state index in [-0.39, 0.29) is 0 Å². The SMILES string of the molecule is O=C(O/N=C(/c1ccccc1)C(NOC(=O)c1ccccc1)c1ccccc1)c1ccccc1. The molecule has 0 bridgehead atoms. The third kappa shape index (κ3) is 5.82. The van der Waals surface area contributed by atoms with Crippen LogP contribution in [-0.4, -0.2) is 17.7 Å². The zero-order chi connectivity index (χ0) is 23.6. The van der Waals surface area contributed by atoms with Gasteiger partial charge in [-0.05, 0) is 29.8 Å². The number of carbonyl (C=O) groups excluding carboxylic acids is 2. The highest BCUT2D eigenvalue weighted by atomic mass is 16.7. The molecule has 0 spiro atoms. The molecule has 4 aromatic rings. The molecule has 1 unspecified atom stereocenters. The topological polar surface area (TPSA) is 77.0 Å². The van der Waals surface area contributed by atoms with Crippen molar-refractivity contribution in [3.8, 4) is 0 Å². The number of hydroxylamine groups is 1. The highest BCUT2D eigenvalue weighted by Crippen LogP contribution is 2.21. The Kier molecular flexibility index (Phi) is 7.56. The van der Waals surface area contributed by atoms with Crippen LogP contribution in [0.3, 0.4) is 0 Å². The number of nitrogens with one attached hydrogen (secondary N) is 1. The zero-order valence-electron chi connectivity index (χ0n) is 18.2. The van der Waals surface area contributed by atoms with Crippen LogP contribution in [0.25, 0.3) is 0 Å². The van der Waals surface area contributed by atoms with Gasteiger partial charge in [-0.2, -0.15) is 0 Å². The zero-order valence-corrected chi connectivity index (χ0v) is 18.2. The number of rotatable bonds is 8. The van der Waals surface area contributed by atoms with Crippen molar-refractivity contribution in [1.82, 2.24) is 5.48 Å². The van der Waals surface area contributed by atoms with Gasteiger partial charge in [0.15, 0.2) is 0 Å². The second-order valence-electron chi connectivity index (χ2n) is 7.30. The number of hydrogen-bond acceptors (Lipinski definition) is 6. The Balaban J connectivity index is 1.66. The van der Waals surface area contributed by atoms with Crippen molar-refractivity contribution in [1.29, 1.82) is 0 Å². The standard InChI is InChI=1S/C28H22N2O4/c31-27(23-17-9-3-10-18-23)33-29-25(21-13-5-1-6-14-21)26(22-15-7-2-8-16-22)30-34-28(32)24-19-11-4-12-20-24/h1-20,25,29H/b30-26-. The van der Waals surface area contributed by atoms with E-state index in [0.717, 1.165) is 5.56 Å². The molecule has 1 atom stereocenters. The summed E-state index contributed by atoms with van der Waals surface area (Å²) in [7, 11) is 0. The number of nitrogens with zero attached hydrogens (tertiary/aromatic N) is 1. The summed E-state index contributed by atoms with van der Waals surface area (Å²) in [6, 6.07) is 35.1. The lowest BCUT2D eigenvalue weighted by molar-refractivity contribution is 0.0205. The Hall–Kier alpha value is -4.55. The quantitative estimate of drug-likeness (QED) is 0.222. The summed E-state index contributed by atoms with van der Waals surface area (Å²) in [6.45, 7) is 0. The van der Waals surface area contributed by atoms with Gasteiger partial charge in [0, 0.05) is 5.56 Å². The molecule has 0 radical (unpaired) electrons. The first-order chi connectivity index (χ1) is 16.7. The van der Waals surface area contributed by atoms with Gasteiger partial charge in [0.05, 0.1) is 11.1 Å². The van der Waals surface area contributed by atoms with Crippen molar-refractivity contribution < 1.29 is 19.3 Å². The van der Waals surface area contributed by atoms with E-state index < -0.39 is 18.0 Å². The summed E-state index contributed by atoms with van der Waals surface area (Å²) >= 11 is 0. The van der Waals surface area contributed by atoms with Crippen LogP contribution in [0, 0.1) is 0 Å². The van der Waals surface area contributed by atoms with Crippen LogP contribution in [0.5, 0.6) is 0 Å². The molecular weight excluding hydrogens is 428 g/mol. The molecule has 1 N–H and O–H groups in total. The van der Waals surface area contributed by atoms with Crippen LogP contribution in [0.2, 0.25) is 0 Å². The highest BCUT2D eigenvalue weighted by Gasteiger charge is 2.24. The minimum atomic E-state index is -0.708. The van der Waals surface area contributed by atoms with Crippen molar-refractivity contribution in [3.05, 3.63) is 144 Å². The van der Waals surface area contributed by atoms with E-state index >= 15 is 0 Å². The molecule has 4 rings (SSSR count). The van der Waals surface area contributed by atoms with Crippen LogP contribution < -0.4 is 5.48 Å². The number of hydrogen-bond donors (Lipinski definition) is 1. The smallest absolute Gasteiger partial charge is 0.365 e. The predicted molar refractivity (Wildman–Crippen MR) is 129 cm³/mol. The molecule has 0 aliphatic heterocycles. The summed E-state index contributed by atoms with van der Waals surface area (Å²) in [5.41, 5.74) is 5.43. The fourth-order valence-corrected chi connectivity index (χ4v) is 3.27. The lowest BCUT2D eigenvalue weighted by Gasteiger charge is -2.20. The van der Waals surface area contributed by atoms with Crippen LogP contribution in [-0.2, 0) is 9.68 Å². The van der Waals surface area contributed by atoms with Crippen LogP contribution in [0.4, 0.5) is 0 Å².